The summed E-state index contributed by atoms with van der Waals surface area (Å²) in [5, 5.41) is 17.0. The van der Waals surface area contributed by atoms with E-state index in [1.54, 1.807) is 13.8 Å². The Morgan fingerprint density at radius 2 is 1.00 bits per heavy atom. The van der Waals surface area contributed by atoms with Gasteiger partial charge < -0.3 is 0 Å². The van der Waals surface area contributed by atoms with Gasteiger partial charge in [-0.1, -0.05) is 13.8 Å². The summed E-state index contributed by atoms with van der Waals surface area (Å²) in [5.74, 6) is -2.54. The third-order valence-electron chi connectivity index (χ3n) is 2.51. The molecule has 0 aliphatic rings. The Bertz CT molecular complexity index is 223. The fourth-order valence-electron chi connectivity index (χ4n) is 0.676. The maximum absolute atomic E-state index is 8.52. The lowest BCUT2D eigenvalue weighted by Gasteiger charge is -2.29. The largest absolute Gasteiger partial charge is 0.249 e. The minimum atomic E-state index is -1.27. The molecule has 2 unspecified atom stereocenters. The molecule has 136 valence electrons. The molecule has 0 aliphatic heterocycles. The summed E-state index contributed by atoms with van der Waals surface area (Å²) in [6.07, 6.45) is 1.07. The van der Waals surface area contributed by atoms with E-state index in [9.17, 15) is 0 Å². The van der Waals surface area contributed by atoms with Crippen molar-refractivity contribution in [1.29, 1.82) is 0 Å². The molecule has 8 nitrogen and oxygen atoms in total. The lowest BCUT2D eigenvalue weighted by Crippen LogP contribution is -2.38. The van der Waals surface area contributed by atoms with E-state index in [0.717, 1.165) is 0 Å². The maximum Gasteiger partial charge on any atom is 0.230 e. The van der Waals surface area contributed by atoms with Crippen molar-refractivity contribution in [2.75, 3.05) is 0 Å². The molecule has 0 bridgehead atoms. The van der Waals surface area contributed by atoms with Gasteiger partial charge in [0.05, 0.1) is 12.2 Å². The fourth-order valence-corrected chi connectivity index (χ4v) is 0.676. The molecule has 8 heteroatoms. The zero-order chi connectivity index (χ0) is 17.8. The summed E-state index contributed by atoms with van der Waals surface area (Å²) >= 11 is 0. The highest BCUT2D eigenvalue weighted by atomic mass is 17.3. The fraction of sp³-hybridized carbons (Fsp3) is 1.00. The van der Waals surface area contributed by atoms with Gasteiger partial charge in [-0.15, -0.1) is 0 Å². The Morgan fingerprint density at radius 3 is 1.14 bits per heavy atom. The van der Waals surface area contributed by atoms with E-state index in [1.165, 1.54) is 13.8 Å². The molecule has 0 amide bonds. The van der Waals surface area contributed by atoms with Gasteiger partial charge >= 0.3 is 0 Å². The average Bonchev–Trinajstić information content (AvgIpc) is 2.51. The molecular formula is C14H32O8. The highest BCUT2D eigenvalue weighted by Crippen LogP contribution is 2.22. The Balaban J connectivity index is 0. The molecule has 0 fully saturated rings. The van der Waals surface area contributed by atoms with E-state index in [4.69, 9.17) is 30.1 Å². The van der Waals surface area contributed by atoms with Crippen molar-refractivity contribution in [3.8, 4) is 0 Å². The molecule has 0 aromatic heterocycles. The molecule has 0 aromatic rings. The van der Waals surface area contributed by atoms with Gasteiger partial charge in [-0.2, -0.15) is 9.78 Å². The molecule has 0 rings (SSSR count). The Hall–Kier alpha value is -0.320. The second kappa shape index (κ2) is 12.1. The second-order valence-corrected chi connectivity index (χ2v) is 5.61. The third kappa shape index (κ3) is 12.2. The average molecular weight is 328 g/mol. The van der Waals surface area contributed by atoms with Crippen LogP contribution in [0, 0.1) is 0 Å². The van der Waals surface area contributed by atoms with Crippen molar-refractivity contribution >= 4 is 0 Å². The van der Waals surface area contributed by atoms with Crippen LogP contribution in [0.15, 0.2) is 0 Å². The van der Waals surface area contributed by atoms with Crippen LogP contribution in [0.1, 0.15) is 68.2 Å². The minimum Gasteiger partial charge on any atom is -0.249 e. The summed E-state index contributed by atoms with van der Waals surface area (Å²) in [6.45, 7) is 14.2. The van der Waals surface area contributed by atoms with Gasteiger partial charge in [0.25, 0.3) is 0 Å². The Kier molecular flexibility index (Phi) is 13.2. The molecule has 0 spiro atoms. The topological polar surface area (TPSA) is 95.8 Å². The number of hydrogen-bond acceptors (Lipinski definition) is 8. The van der Waals surface area contributed by atoms with Crippen LogP contribution in [0.5, 0.6) is 0 Å². The first-order valence-corrected chi connectivity index (χ1v) is 7.42. The molecular weight excluding hydrogens is 296 g/mol. The standard InChI is InChI=1S/C8H18O6.C6H14O2/c1-5-7(3,11-9)13-14-8(4,6-2)12-10;1-5(2)7-8-6(3)4/h9-10H,5-6H2,1-4H3;5-6H,1-4H3. The molecule has 0 aliphatic carbocycles. The Morgan fingerprint density at radius 1 is 0.727 bits per heavy atom. The van der Waals surface area contributed by atoms with Crippen molar-refractivity contribution in [1.82, 2.24) is 0 Å². The molecule has 22 heavy (non-hydrogen) atoms. The van der Waals surface area contributed by atoms with Gasteiger partial charge in [0.1, 0.15) is 0 Å². The first kappa shape index (κ1) is 23.9. The smallest absolute Gasteiger partial charge is 0.230 e. The lowest BCUT2D eigenvalue weighted by molar-refractivity contribution is -0.566. The van der Waals surface area contributed by atoms with Crippen molar-refractivity contribution in [3.05, 3.63) is 0 Å². The predicted molar refractivity (Wildman–Crippen MR) is 79.4 cm³/mol. The Labute approximate surface area is 132 Å². The van der Waals surface area contributed by atoms with Gasteiger partial charge in [0, 0.05) is 12.8 Å². The number of hydrogen-bond donors (Lipinski definition) is 2. The zero-order valence-electron chi connectivity index (χ0n) is 14.9. The third-order valence-corrected chi connectivity index (χ3v) is 2.51. The quantitative estimate of drug-likeness (QED) is 0.354. The van der Waals surface area contributed by atoms with Crippen LogP contribution in [-0.4, -0.2) is 34.3 Å². The normalized spacial score (nSPS) is 16.9. The molecule has 2 N–H and O–H groups in total. The maximum atomic E-state index is 8.52. The van der Waals surface area contributed by atoms with Crippen LogP contribution in [0.3, 0.4) is 0 Å². The lowest BCUT2D eigenvalue weighted by atomic mass is 10.2. The van der Waals surface area contributed by atoms with Crippen LogP contribution in [-0.2, 0) is 29.3 Å². The van der Waals surface area contributed by atoms with E-state index in [2.05, 4.69) is 9.78 Å². The van der Waals surface area contributed by atoms with Gasteiger partial charge in [-0.05, 0) is 41.5 Å². The first-order chi connectivity index (χ1) is 10.1. The van der Waals surface area contributed by atoms with Crippen LogP contribution in [0.4, 0.5) is 0 Å². The van der Waals surface area contributed by atoms with Crippen LogP contribution < -0.4 is 0 Å². The summed E-state index contributed by atoms with van der Waals surface area (Å²) in [6, 6.07) is 0. The monoisotopic (exact) mass is 328 g/mol. The van der Waals surface area contributed by atoms with E-state index in [-0.39, 0.29) is 12.2 Å². The molecule has 0 saturated heterocycles. The summed E-state index contributed by atoms with van der Waals surface area (Å²) in [7, 11) is 0. The summed E-state index contributed by atoms with van der Waals surface area (Å²) in [5.41, 5.74) is 0. The highest BCUT2D eigenvalue weighted by molar-refractivity contribution is 4.57. The van der Waals surface area contributed by atoms with Crippen molar-refractivity contribution in [2.45, 2.75) is 92.0 Å². The van der Waals surface area contributed by atoms with Crippen molar-refractivity contribution in [2.24, 2.45) is 0 Å². The molecule has 0 heterocycles. The van der Waals surface area contributed by atoms with Crippen molar-refractivity contribution in [3.63, 3.8) is 0 Å². The van der Waals surface area contributed by atoms with Crippen LogP contribution in [0.25, 0.3) is 0 Å². The van der Waals surface area contributed by atoms with Crippen molar-refractivity contribution < 1.29 is 39.8 Å². The SMILES string of the molecule is CC(C)OOC(C)C.CCC(C)(OO)OOC(C)(CC)OO. The van der Waals surface area contributed by atoms with Gasteiger partial charge in [-0.25, -0.2) is 30.1 Å². The van der Waals surface area contributed by atoms with Gasteiger partial charge in [0.2, 0.25) is 11.6 Å². The molecule has 0 aromatic carbocycles. The van der Waals surface area contributed by atoms with Gasteiger partial charge in [-0.3, -0.25) is 0 Å². The summed E-state index contributed by atoms with van der Waals surface area (Å²) < 4.78 is 0. The predicted octanol–water partition coefficient (Wildman–Crippen LogP) is 3.92. The van der Waals surface area contributed by atoms with Crippen LogP contribution in [0.2, 0.25) is 0 Å². The molecule has 0 saturated carbocycles. The highest BCUT2D eigenvalue weighted by Gasteiger charge is 2.33. The van der Waals surface area contributed by atoms with E-state index in [1.807, 2.05) is 27.7 Å². The van der Waals surface area contributed by atoms with E-state index < -0.39 is 11.6 Å². The van der Waals surface area contributed by atoms with Crippen LogP contribution >= 0.6 is 0 Å². The van der Waals surface area contributed by atoms with E-state index in [0.29, 0.717) is 12.8 Å². The second-order valence-electron chi connectivity index (χ2n) is 5.61. The molecule has 0 radical (unpaired) electrons. The first-order valence-electron chi connectivity index (χ1n) is 7.42. The van der Waals surface area contributed by atoms with E-state index >= 15 is 0 Å². The molecule has 2 atom stereocenters. The van der Waals surface area contributed by atoms with Gasteiger partial charge in [0.15, 0.2) is 0 Å². The summed E-state index contributed by atoms with van der Waals surface area (Å²) in [4.78, 5) is 27.4. The zero-order valence-corrected chi connectivity index (χ0v) is 14.9. The minimum absolute atomic E-state index is 0.164. The number of rotatable bonds is 10.